The largest absolute Gasteiger partial charge is 0.497 e. The number of rotatable bonds is 6. The molecule has 0 spiro atoms. The highest BCUT2D eigenvalue weighted by Gasteiger charge is 2.07. The number of hydrogen-bond acceptors (Lipinski definition) is 4. The van der Waals surface area contributed by atoms with Gasteiger partial charge in [0.1, 0.15) is 23.0 Å². The van der Waals surface area contributed by atoms with Crippen LogP contribution in [0.25, 0.3) is 0 Å². The SMILES string of the molecule is COc1ccc(NC(=O)c2ccc(Oc3ccc(OC)cc3)cc2)cc1. The predicted octanol–water partition coefficient (Wildman–Crippen LogP) is 4.75. The van der Waals surface area contributed by atoms with E-state index >= 15 is 0 Å². The highest BCUT2D eigenvalue weighted by molar-refractivity contribution is 6.04. The van der Waals surface area contributed by atoms with Crippen LogP contribution in [0.15, 0.2) is 72.8 Å². The van der Waals surface area contributed by atoms with Gasteiger partial charge in [0.05, 0.1) is 14.2 Å². The number of amides is 1. The summed E-state index contributed by atoms with van der Waals surface area (Å²) in [5, 5.41) is 2.84. The van der Waals surface area contributed by atoms with E-state index in [2.05, 4.69) is 5.32 Å². The lowest BCUT2D eigenvalue weighted by molar-refractivity contribution is 0.102. The van der Waals surface area contributed by atoms with Gasteiger partial charge in [-0.15, -0.1) is 0 Å². The molecule has 0 saturated heterocycles. The van der Waals surface area contributed by atoms with Crippen LogP contribution in [-0.2, 0) is 0 Å². The summed E-state index contributed by atoms with van der Waals surface area (Å²) >= 11 is 0. The molecule has 0 unspecified atom stereocenters. The van der Waals surface area contributed by atoms with Crippen molar-refractivity contribution in [2.45, 2.75) is 0 Å². The lowest BCUT2D eigenvalue weighted by Crippen LogP contribution is -2.11. The molecule has 3 aromatic carbocycles. The minimum absolute atomic E-state index is 0.189. The Kier molecular flexibility index (Phi) is 5.39. The van der Waals surface area contributed by atoms with E-state index in [-0.39, 0.29) is 5.91 Å². The predicted molar refractivity (Wildman–Crippen MR) is 100 cm³/mol. The van der Waals surface area contributed by atoms with Crippen LogP contribution in [-0.4, -0.2) is 20.1 Å². The molecule has 3 rings (SSSR count). The molecule has 0 atom stereocenters. The van der Waals surface area contributed by atoms with Crippen LogP contribution in [0, 0.1) is 0 Å². The Labute approximate surface area is 152 Å². The molecule has 0 radical (unpaired) electrons. The lowest BCUT2D eigenvalue weighted by atomic mass is 10.2. The van der Waals surface area contributed by atoms with Crippen molar-refractivity contribution < 1.29 is 19.0 Å². The van der Waals surface area contributed by atoms with E-state index in [1.807, 2.05) is 24.3 Å². The van der Waals surface area contributed by atoms with Gasteiger partial charge in [-0.3, -0.25) is 4.79 Å². The summed E-state index contributed by atoms with van der Waals surface area (Å²) in [4.78, 5) is 12.3. The average molecular weight is 349 g/mol. The standard InChI is InChI=1S/C21H19NO4/c1-24-17-9-5-16(6-10-17)22-21(23)15-3-7-19(8-4-15)26-20-13-11-18(25-2)12-14-20/h3-14H,1-2H3,(H,22,23). The van der Waals surface area contributed by atoms with Crippen molar-refractivity contribution in [1.29, 1.82) is 0 Å². The molecule has 5 heteroatoms. The molecule has 0 aliphatic rings. The molecular weight excluding hydrogens is 330 g/mol. The van der Waals surface area contributed by atoms with E-state index in [4.69, 9.17) is 14.2 Å². The number of ether oxygens (including phenoxy) is 3. The molecule has 0 heterocycles. The third kappa shape index (κ3) is 4.33. The van der Waals surface area contributed by atoms with Crippen molar-refractivity contribution >= 4 is 11.6 Å². The summed E-state index contributed by atoms with van der Waals surface area (Å²) in [5.74, 6) is 2.66. The smallest absolute Gasteiger partial charge is 0.255 e. The zero-order valence-corrected chi connectivity index (χ0v) is 14.6. The molecule has 0 aliphatic heterocycles. The molecule has 0 bridgehead atoms. The Morgan fingerprint density at radius 2 is 1.08 bits per heavy atom. The summed E-state index contributed by atoms with van der Waals surface area (Å²) in [6.07, 6.45) is 0. The van der Waals surface area contributed by atoms with E-state index in [1.54, 1.807) is 62.8 Å². The zero-order valence-electron chi connectivity index (χ0n) is 14.6. The molecule has 0 aromatic heterocycles. The molecule has 1 N–H and O–H groups in total. The van der Waals surface area contributed by atoms with Gasteiger partial charge >= 0.3 is 0 Å². The lowest BCUT2D eigenvalue weighted by Gasteiger charge is -2.09. The molecular formula is C21H19NO4. The summed E-state index contributed by atoms with van der Waals surface area (Å²) in [6, 6.07) is 21.4. The number of benzene rings is 3. The van der Waals surface area contributed by atoms with Gasteiger partial charge in [0.25, 0.3) is 5.91 Å². The average Bonchev–Trinajstić information content (AvgIpc) is 2.69. The molecule has 3 aromatic rings. The quantitative estimate of drug-likeness (QED) is 0.698. The molecule has 26 heavy (non-hydrogen) atoms. The number of anilines is 1. The van der Waals surface area contributed by atoms with Gasteiger partial charge in [0.15, 0.2) is 0 Å². The van der Waals surface area contributed by atoms with Crippen molar-refractivity contribution in [2.75, 3.05) is 19.5 Å². The van der Waals surface area contributed by atoms with Gasteiger partial charge in [-0.25, -0.2) is 0 Å². The van der Waals surface area contributed by atoms with E-state index in [0.29, 0.717) is 22.7 Å². The zero-order chi connectivity index (χ0) is 18.4. The maximum Gasteiger partial charge on any atom is 0.255 e. The minimum atomic E-state index is -0.189. The van der Waals surface area contributed by atoms with Crippen LogP contribution in [0.3, 0.4) is 0 Å². The van der Waals surface area contributed by atoms with Crippen molar-refractivity contribution in [2.24, 2.45) is 0 Å². The fourth-order valence-electron chi connectivity index (χ4n) is 2.33. The van der Waals surface area contributed by atoms with Crippen LogP contribution in [0.4, 0.5) is 5.69 Å². The number of carbonyl (C=O) groups is 1. The monoisotopic (exact) mass is 349 g/mol. The van der Waals surface area contributed by atoms with E-state index in [0.717, 1.165) is 11.5 Å². The second-order valence-electron chi connectivity index (χ2n) is 5.48. The van der Waals surface area contributed by atoms with Gasteiger partial charge < -0.3 is 19.5 Å². The van der Waals surface area contributed by atoms with E-state index in [1.165, 1.54) is 0 Å². The van der Waals surface area contributed by atoms with Crippen LogP contribution in [0.5, 0.6) is 23.0 Å². The molecule has 0 aliphatic carbocycles. The summed E-state index contributed by atoms with van der Waals surface area (Å²) in [5.41, 5.74) is 1.25. The summed E-state index contributed by atoms with van der Waals surface area (Å²) < 4.78 is 16.0. The minimum Gasteiger partial charge on any atom is -0.497 e. The Bertz CT molecular complexity index is 856. The highest BCUT2D eigenvalue weighted by Crippen LogP contribution is 2.24. The Balaban J connectivity index is 1.63. The number of hydrogen-bond donors (Lipinski definition) is 1. The van der Waals surface area contributed by atoms with Crippen LogP contribution in [0.2, 0.25) is 0 Å². The number of methoxy groups -OCH3 is 2. The normalized spacial score (nSPS) is 10.1. The van der Waals surface area contributed by atoms with Gasteiger partial charge in [0.2, 0.25) is 0 Å². The maximum atomic E-state index is 12.3. The first-order valence-corrected chi connectivity index (χ1v) is 8.05. The summed E-state index contributed by atoms with van der Waals surface area (Å²) in [7, 11) is 3.22. The third-order valence-corrected chi connectivity index (χ3v) is 3.76. The molecule has 132 valence electrons. The van der Waals surface area contributed by atoms with Gasteiger partial charge in [-0.05, 0) is 72.8 Å². The first-order chi connectivity index (χ1) is 12.7. The van der Waals surface area contributed by atoms with Crippen molar-refractivity contribution in [3.05, 3.63) is 78.4 Å². The number of carbonyl (C=O) groups excluding carboxylic acids is 1. The van der Waals surface area contributed by atoms with Crippen LogP contribution < -0.4 is 19.5 Å². The van der Waals surface area contributed by atoms with E-state index in [9.17, 15) is 4.79 Å². The first-order valence-electron chi connectivity index (χ1n) is 8.05. The second kappa shape index (κ2) is 8.07. The Morgan fingerprint density at radius 1 is 0.654 bits per heavy atom. The highest BCUT2D eigenvalue weighted by atomic mass is 16.5. The van der Waals surface area contributed by atoms with Crippen LogP contribution >= 0.6 is 0 Å². The molecule has 5 nitrogen and oxygen atoms in total. The summed E-state index contributed by atoms with van der Waals surface area (Å²) in [6.45, 7) is 0. The Morgan fingerprint density at radius 3 is 1.58 bits per heavy atom. The fourth-order valence-corrected chi connectivity index (χ4v) is 2.33. The topological polar surface area (TPSA) is 56.8 Å². The fraction of sp³-hybridized carbons (Fsp3) is 0.0952. The van der Waals surface area contributed by atoms with Gasteiger partial charge in [0, 0.05) is 11.3 Å². The van der Waals surface area contributed by atoms with Gasteiger partial charge in [-0.1, -0.05) is 0 Å². The van der Waals surface area contributed by atoms with Crippen molar-refractivity contribution in [3.63, 3.8) is 0 Å². The van der Waals surface area contributed by atoms with E-state index < -0.39 is 0 Å². The third-order valence-electron chi connectivity index (χ3n) is 3.76. The van der Waals surface area contributed by atoms with Crippen molar-refractivity contribution in [3.8, 4) is 23.0 Å². The number of nitrogens with one attached hydrogen (secondary N) is 1. The van der Waals surface area contributed by atoms with Crippen molar-refractivity contribution in [1.82, 2.24) is 0 Å². The molecule has 1 amide bonds. The van der Waals surface area contributed by atoms with Crippen LogP contribution in [0.1, 0.15) is 10.4 Å². The maximum absolute atomic E-state index is 12.3. The molecule has 0 saturated carbocycles. The first kappa shape index (κ1) is 17.4. The Hall–Kier alpha value is -3.47. The second-order valence-corrected chi connectivity index (χ2v) is 5.48. The van der Waals surface area contributed by atoms with Gasteiger partial charge in [-0.2, -0.15) is 0 Å². The molecule has 0 fully saturated rings.